The van der Waals surface area contributed by atoms with Crippen LogP contribution >= 0.6 is 11.6 Å². The number of hydrogen-bond acceptors (Lipinski definition) is 4. The fourth-order valence-corrected chi connectivity index (χ4v) is 1.96. The Kier molecular flexibility index (Phi) is 4.33. The van der Waals surface area contributed by atoms with Crippen LogP contribution in [0.25, 0.3) is 0 Å². The van der Waals surface area contributed by atoms with Crippen LogP contribution in [0.5, 0.6) is 0 Å². The first-order valence-electron chi connectivity index (χ1n) is 6.01. The van der Waals surface area contributed by atoms with Crippen molar-refractivity contribution in [3.63, 3.8) is 0 Å². The second-order valence-electron chi connectivity index (χ2n) is 4.25. The summed E-state index contributed by atoms with van der Waals surface area (Å²) in [5.74, 6) is 1.15. The molecule has 1 unspecified atom stereocenters. The summed E-state index contributed by atoms with van der Waals surface area (Å²) in [6, 6.07) is 7.45. The molecule has 2 aromatic rings. The molecule has 18 heavy (non-hydrogen) atoms. The Labute approximate surface area is 111 Å². The molecule has 1 atom stereocenters. The van der Waals surface area contributed by atoms with Crippen LogP contribution in [0, 0.1) is 0 Å². The SMILES string of the molecule is CCCC(N)c1noc(Cc2cccc(Cl)c2)n1. The van der Waals surface area contributed by atoms with Gasteiger partial charge in [0.25, 0.3) is 0 Å². The maximum atomic E-state index is 5.93. The lowest BCUT2D eigenvalue weighted by molar-refractivity contribution is 0.374. The molecule has 0 spiro atoms. The zero-order valence-corrected chi connectivity index (χ0v) is 11.0. The van der Waals surface area contributed by atoms with Gasteiger partial charge in [-0.15, -0.1) is 0 Å². The van der Waals surface area contributed by atoms with E-state index in [-0.39, 0.29) is 6.04 Å². The second-order valence-corrected chi connectivity index (χ2v) is 4.68. The van der Waals surface area contributed by atoms with Crippen LogP contribution in [0.1, 0.15) is 43.1 Å². The lowest BCUT2D eigenvalue weighted by atomic mass is 10.1. The van der Waals surface area contributed by atoms with Crippen LogP contribution in [-0.2, 0) is 6.42 Å². The van der Waals surface area contributed by atoms with Crippen molar-refractivity contribution in [1.82, 2.24) is 10.1 Å². The van der Waals surface area contributed by atoms with Gasteiger partial charge in [-0.3, -0.25) is 0 Å². The molecule has 0 radical (unpaired) electrons. The molecule has 2 N–H and O–H groups in total. The molecule has 0 aliphatic rings. The van der Waals surface area contributed by atoms with E-state index >= 15 is 0 Å². The average Bonchev–Trinajstić information content (AvgIpc) is 2.78. The highest BCUT2D eigenvalue weighted by Crippen LogP contribution is 2.16. The molecule has 0 amide bonds. The van der Waals surface area contributed by atoms with E-state index in [9.17, 15) is 0 Å². The summed E-state index contributed by atoms with van der Waals surface area (Å²) in [7, 11) is 0. The van der Waals surface area contributed by atoms with E-state index in [4.69, 9.17) is 21.9 Å². The van der Waals surface area contributed by atoms with Gasteiger partial charge in [-0.2, -0.15) is 4.98 Å². The fraction of sp³-hybridized carbons (Fsp3) is 0.385. The van der Waals surface area contributed by atoms with Crippen molar-refractivity contribution < 1.29 is 4.52 Å². The lowest BCUT2D eigenvalue weighted by Gasteiger charge is -2.02. The van der Waals surface area contributed by atoms with Gasteiger partial charge < -0.3 is 10.3 Å². The molecule has 0 bridgehead atoms. The number of rotatable bonds is 5. The summed E-state index contributed by atoms with van der Waals surface area (Å²) in [6.45, 7) is 2.08. The summed E-state index contributed by atoms with van der Waals surface area (Å²) < 4.78 is 5.19. The zero-order valence-electron chi connectivity index (χ0n) is 10.3. The van der Waals surface area contributed by atoms with Crippen molar-refractivity contribution in [1.29, 1.82) is 0 Å². The minimum absolute atomic E-state index is 0.146. The van der Waals surface area contributed by atoms with E-state index in [1.54, 1.807) is 0 Å². The molecule has 1 heterocycles. The molecule has 1 aromatic carbocycles. The number of halogens is 1. The standard InChI is InChI=1S/C13H16ClN3O/c1-2-4-11(15)13-16-12(18-17-13)8-9-5-3-6-10(14)7-9/h3,5-7,11H,2,4,8,15H2,1H3. The summed E-state index contributed by atoms with van der Waals surface area (Å²) in [4.78, 5) is 4.31. The highest BCUT2D eigenvalue weighted by molar-refractivity contribution is 6.30. The Morgan fingerprint density at radius 1 is 1.44 bits per heavy atom. The topological polar surface area (TPSA) is 64.9 Å². The first-order valence-corrected chi connectivity index (χ1v) is 6.39. The molecule has 2 rings (SSSR count). The predicted molar refractivity (Wildman–Crippen MR) is 70.4 cm³/mol. The van der Waals surface area contributed by atoms with Gasteiger partial charge in [-0.1, -0.05) is 42.2 Å². The van der Waals surface area contributed by atoms with Crippen molar-refractivity contribution in [2.24, 2.45) is 5.73 Å². The van der Waals surface area contributed by atoms with E-state index in [2.05, 4.69) is 17.1 Å². The van der Waals surface area contributed by atoms with E-state index in [1.807, 2.05) is 24.3 Å². The van der Waals surface area contributed by atoms with Crippen LogP contribution in [0.2, 0.25) is 5.02 Å². The number of benzene rings is 1. The minimum atomic E-state index is -0.146. The molecule has 0 saturated carbocycles. The Morgan fingerprint density at radius 2 is 2.28 bits per heavy atom. The lowest BCUT2D eigenvalue weighted by Crippen LogP contribution is -2.11. The molecular formula is C13H16ClN3O. The van der Waals surface area contributed by atoms with Crippen molar-refractivity contribution in [2.75, 3.05) is 0 Å². The fourth-order valence-electron chi connectivity index (χ4n) is 1.75. The van der Waals surface area contributed by atoms with Gasteiger partial charge in [-0.05, 0) is 24.1 Å². The smallest absolute Gasteiger partial charge is 0.231 e. The first-order chi connectivity index (χ1) is 8.69. The first kappa shape index (κ1) is 13.1. The third kappa shape index (κ3) is 3.31. The summed E-state index contributed by atoms with van der Waals surface area (Å²) in [5.41, 5.74) is 6.97. The quantitative estimate of drug-likeness (QED) is 0.902. The molecule has 0 aliphatic heterocycles. The molecule has 1 aromatic heterocycles. The van der Waals surface area contributed by atoms with Crippen LogP contribution in [-0.4, -0.2) is 10.1 Å². The minimum Gasteiger partial charge on any atom is -0.339 e. The Morgan fingerprint density at radius 3 is 3.00 bits per heavy atom. The van der Waals surface area contributed by atoms with Gasteiger partial charge in [-0.25, -0.2) is 0 Å². The van der Waals surface area contributed by atoms with Crippen molar-refractivity contribution >= 4 is 11.6 Å². The third-order valence-corrected chi connectivity index (χ3v) is 2.89. The van der Waals surface area contributed by atoms with Crippen LogP contribution in [0.15, 0.2) is 28.8 Å². The summed E-state index contributed by atoms with van der Waals surface area (Å²) >= 11 is 5.92. The summed E-state index contributed by atoms with van der Waals surface area (Å²) in [6.07, 6.45) is 2.43. The maximum Gasteiger partial charge on any atom is 0.231 e. The van der Waals surface area contributed by atoms with Gasteiger partial charge in [0.2, 0.25) is 5.89 Å². The van der Waals surface area contributed by atoms with Gasteiger partial charge in [0.1, 0.15) is 0 Å². The normalized spacial score (nSPS) is 12.6. The second kappa shape index (κ2) is 5.98. The number of nitrogens with zero attached hydrogens (tertiary/aromatic N) is 2. The van der Waals surface area contributed by atoms with Crippen LogP contribution in [0.4, 0.5) is 0 Å². The molecule has 0 saturated heterocycles. The molecular weight excluding hydrogens is 250 g/mol. The van der Waals surface area contributed by atoms with Gasteiger partial charge in [0.05, 0.1) is 12.5 Å². The largest absolute Gasteiger partial charge is 0.339 e. The van der Waals surface area contributed by atoms with Crippen molar-refractivity contribution in [3.05, 3.63) is 46.6 Å². The number of hydrogen-bond donors (Lipinski definition) is 1. The van der Waals surface area contributed by atoms with Crippen LogP contribution in [0.3, 0.4) is 0 Å². The molecule has 0 fully saturated rings. The monoisotopic (exact) mass is 265 g/mol. The summed E-state index contributed by atoms with van der Waals surface area (Å²) in [5, 5.41) is 4.61. The van der Waals surface area contributed by atoms with E-state index < -0.39 is 0 Å². The van der Waals surface area contributed by atoms with Gasteiger partial charge in [0, 0.05) is 5.02 Å². The Balaban J connectivity index is 2.06. The van der Waals surface area contributed by atoms with Gasteiger partial charge in [0.15, 0.2) is 5.82 Å². The number of aromatic nitrogens is 2. The molecule has 5 heteroatoms. The predicted octanol–water partition coefficient (Wildman–Crippen LogP) is 3.11. The highest BCUT2D eigenvalue weighted by Gasteiger charge is 2.13. The Hall–Kier alpha value is -1.39. The van der Waals surface area contributed by atoms with E-state index in [0.717, 1.165) is 18.4 Å². The van der Waals surface area contributed by atoms with Crippen molar-refractivity contribution in [3.8, 4) is 0 Å². The molecule has 0 aliphatic carbocycles. The van der Waals surface area contributed by atoms with Crippen LogP contribution < -0.4 is 5.73 Å². The maximum absolute atomic E-state index is 5.93. The average molecular weight is 266 g/mol. The van der Waals surface area contributed by atoms with Gasteiger partial charge >= 0.3 is 0 Å². The third-order valence-electron chi connectivity index (χ3n) is 2.66. The molecule has 96 valence electrons. The van der Waals surface area contributed by atoms with E-state index in [0.29, 0.717) is 23.2 Å². The molecule has 4 nitrogen and oxygen atoms in total. The number of nitrogens with two attached hydrogens (primary N) is 1. The highest BCUT2D eigenvalue weighted by atomic mass is 35.5. The van der Waals surface area contributed by atoms with E-state index in [1.165, 1.54) is 0 Å². The zero-order chi connectivity index (χ0) is 13.0. The van der Waals surface area contributed by atoms with Crippen molar-refractivity contribution in [2.45, 2.75) is 32.2 Å². The Bertz CT molecular complexity index is 512.